The molecule has 0 aliphatic rings. The van der Waals surface area contributed by atoms with Crippen LogP contribution in [0, 0.1) is 0 Å². The number of benzene rings is 1. The molecule has 84 valence electrons. The van der Waals surface area contributed by atoms with Crippen LogP contribution >= 0.6 is 15.9 Å². The van der Waals surface area contributed by atoms with Gasteiger partial charge in [0.15, 0.2) is 0 Å². The lowest BCUT2D eigenvalue weighted by Crippen LogP contribution is -2.08. The zero-order valence-electron chi connectivity index (χ0n) is 9.29. The number of hydrogen-bond donors (Lipinski definition) is 1. The maximum absolute atomic E-state index is 5.74. The van der Waals surface area contributed by atoms with Crippen LogP contribution in [0.25, 0.3) is 0 Å². The highest BCUT2D eigenvalue weighted by atomic mass is 79.9. The third kappa shape index (κ3) is 4.22. The van der Waals surface area contributed by atoms with E-state index >= 15 is 0 Å². The van der Waals surface area contributed by atoms with Gasteiger partial charge in [0.2, 0.25) is 0 Å². The molecule has 0 spiro atoms. The van der Waals surface area contributed by atoms with Crippen LogP contribution < -0.4 is 10.5 Å². The molecule has 0 aliphatic carbocycles. The molecular formula is C12H18BrNO. The summed E-state index contributed by atoms with van der Waals surface area (Å²) in [5.41, 5.74) is 6.74. The Hall–Kier alpha value is -0.540. The monoisotopic (exact) mass is 271 g/mol. The fraction of sp³-hybridized carbons (Fsp3) is 0.500. The smallest absolute Gasteiger partial charge is 0.122 e. The Morgan fingerprint density at radius 2 is 2.13 bits per heavy atom. The summed E-state index contributed by atoms with van der Waals surface area (Å²) in [4.78, 5) is 0. The van der Waals surface area contributed by atoms with Crippen molar-refractivity contribution in [3.8, 4) is 5.75 Å². The first-order valence-electron chi connectivity index (χ1n) is 5.28. The van der Waals surface area contributed by atoms with Gasteiger partial charge >= 0.3 is 0 Å². The van der Waals surface area contributed by atoms with E-state index in [-0.39, 0.29) is 6.10 Å². The highest BCUT2D eigenvalue weighted by Crippen LogP contribution is 2.25. The topological polar surface area (TPSA) is 35.2 Å². The quantitative estimate of drug-likeness (QED) is 0.893. The number of aryl methyl sites for hydroxylation is 1. The van der Waals surface area contributed by atoms with Gasteiger partial charge in [0.1, 0.15) is 5.75 Å². The molecule has 0 unspecified atom stereocenters. The van der Waals surface area contributed by atoms with Crippen LogP contribution in [-0.4, -0.2) is 12.6 Å². The summed E-state index contributed by atoms with van der Waals surface area (Å²) in [5.74, 6) is 0.974. The molecule has 15 heavy (non-hydrogen) atoms. The predicted octanol–water partition coefficient (Wildman–Crippen LogP) is 3.13. The van der Waals surface area contributed by atoms with Crippen molar-refractivity contribution >= 4 is 15.9 Å². The Labute approximate surface area is 99.9 Å². The highest BCUT2D eigenvalue weighted by Gasteiger charge is 2.05. The SMILES string of the molecule is CC(C)Oc1ccc(Br)cc1CCCN. The van der Waals surface area contributed by atoms with Crippen LogP contribution in [0.2, 0.25) is 0 Å². The minimum absolute atomic E-state index is 0.211. The van der Waals surface area contributed by atoms with Gasteiger partial charge in [-0.3, -0.25) is 0 Å². The zero-order chi connectivity index (χ0) is 11.3. The molecular weight excluding hydrogens is 254 g/mol. The van der Waals surface area contributed by atoms with Crippen LogP contribution in [0.3, 0.4) is 0 Å². The van der Waals surface area contributed by atoms with Gasteiger partial charge in [-0.05, 0) is 57.0 Å². The maximum atomic E-state index is 5.74. The van der Waals surface area contributed by atoms with Gasteiger partial charge in [-0.15, -0.1) is 0 Å². The van der Waals surface area contributed by atoms with Crippen LogP contribution in [0.1, 0.15) is 25.8 Å². The summed E-state index contributed by atoms with van der Waals surface area (Å²) >= 11 is 3.47. The summed E-state index contributed by atoms with van der Waals surface area (Å²) in [6.07, 6.45) is 2.17. The average Bonchev–Trinajstić information content (AvgIpc) is 2.18. The second-order valence-electron chi connectivity index (χ2n) is 3.81. The summed E-state index contributed by atoms with van der Waals surface area (Å²) in [7, 11) is 0. The number of rotatable bonds is 5. The Balaban J connectivity index is 2.82. The van der Waals surface area contributed by atoms with Crippen molar-refractivity contribution in [3.63, 3.8) is 0 Å². The third-order valence-corrected chi connectivity index (χ3v) is 2.53. The summed E-state index contributed by atoms with van der Waals surface area (Å²) in [6, 6.07) is 6.12. The van der Waals surface area contributed by atoms with Gasteiger partial charge in [0.05, 0.1) is 6.10 Å². The second kappa shape index (κ2) is 6.13. The zero-order valence-corrected chi connectivity index (χ0v) is 10.9. The molecule has 2 nitrogen and oxygen atoms in total. The molecule has 0 bridgehead atoms. The Kier molecular flexibility index (Phi) is 5.12. The largest absolute Gasteiger partial charge is 0.491 e. The van der Waals surface area contributed by atoms with Crippen LogP contribution in [0.15, 0.2) is 22.7 Å². The third-order valence-electron chi connectivity index (χ3n) is 2.04. The van der Waals surface area contributed by atoms with E-state index in [0.29, 0.717) is 6.54 Å². The van der Waals surface area contributed by atoms with E-state index in [1.807, 2.05) is 26.0 Å². The first-order valence-corrected chi connectivity index (χ1v) is 6.08. The van der Waals surface area contributed by atoms with Crippen molar-refractivity contribution < 1.29 is 4.74 Å². The van der Waals surface area contributed by atoms with Crippen LogP contribution in [-0.2, 0) is 6.42 Å². The van der Waals surface area contributed by atoms with Crippen LogP contribution in [0.4, 0.5) is 0 Å². The minimum Gasteiger partial charge on any atom is -0.491 e. The van der Waals surface area contributed by atoms with Crippen molar-refractivity contribution in [1.29, 1.82) is 0 Å². The molecule has 0 saturated heterocycles. The van der Waals surface area contributed by atoms with Crippen LogP contribution in [0.5, 0.6) is 5.75 Å². The van der Waals surface area contributed by atoms with Crippen molar-refractivity contribution in [2.75, 3.05) is 6.54 Å². The molecule has 0 atom stereocenters. The molecule has 1 aromatic rings. The number of ether oxygens (including phenoxy) is 1. The number of halogens is 1. The van der Waals surface area contributed by atoms with Gasteiger partial charge < -0.3 is 10.5 Å². The molecule has 0 aromatic heterocycles. The summed E-state index contributed by atoms with van der Waals surface area (Å²) < 4.78 is 6.82. The molecule has 2 N–H and O–H groups in total. The Morgan fingerprint density at radius 1 is 1.40 bits per heavy atom. The summed E-state index contributed by atoms with van der Waals surface area (Å²) in [5, 5.41) is 0. The molecule has 1 rings (SSSR count). The van der Waals surface area contributed by atoms with E-state index in [0.717, 1.165) is 23.1 Å². The molecule has 0 amide bonds. The van der Waals surface area contributed by atoms with Crippen molar-refractivity contribution in [3.05, 3.63) is 28.2 Å². The Bertz CT molecular complexity index is 312. The van der Waals surface area contributed by atoms with E-state index in [9.17, 15) is 0 Å². The average molecular weight is 272 g/mol. The van der Waals surface area contributed by atoms with Crippen molar-refractivity contribution in [2.24, 2.45) is 5.73 Å². The van der Waals surface area contributed by atoms with E-state index < -0.39 is 0 Å². The van der Waals surface area contributed by atoms with Gasteiger partial charge in [-0.25, -0.2) is 0 Å². The molecule has 0 aliphatic heterocycles. The highest BCUT2D eigenvalue weighted by molar-refractivity contribution is 9.10. The maximum Gasteiger partial charge on any atom is 0.122 e. The number of hydrogen-bond acceptors (Lipinski definition) is 2. The lowest BCUT2D eigenvalue weighted by atomic mass is 10.1. The molecule has 1 aromatic carbocycles. The first kappa shape index (κ1) is 12.5. The van der Waals surface area contributed by atoms with Gasteiger partial charge in [-0.1, -0.05) is 15.9 Å². The van der Waals surface area contributed by atoms with Gasteiger partial charge in [-0.2, -0.15) is 0 Å². The fourth-order valence-electron chi connectivity index (χ4n) is 1.40. The van der Waals surface area contributed by atoms with E-state index in [2.05, 4.69) is 22.0 Å². The number of nitrogens with two attached hydrogens (primary N) is 1. The molecule has 0 fully saturated rings. The van der Waals surface area contributed by atoms with Gasteiger partial charge in [0, 0.05) is 4.47 Å². The first-order chi connectivity index (χ1) is 7.13. The lowest BCUT2D eigenvalue weighted by Gasteiger charge is -2.14. The lowest BCUT2D eigenvalue weighted by molar-refractivity contribution is 0.240. The fourth-order valence-corrected chi connectivity index (χ4v) is 1.81. The van der Waals surface area contributed by atoms with Gasteiger partial charge in [0.25, 0.3) is 0 Å². The van der Waals surface area contributed by atoms with E-state index in [4.69, 9.17) is 10.5 Å². The van der Waals surface area contributed by atoms with E-state index in [1.54, 1.807) is 0 Å². The molecule has 0 saturated carbocycles. The van der Waals surface area contributed by atoms with E-state index in [1.165, 1.54) is 5.56 Å². The summed E-state index contributed by atoms with van der Waals surface area (Å²) in [6.45, 7) is 4.79. The predicted molar refractivity (Wildman–Crippen MR) is 67.3 cm³/mol. The molecule has 3 heteroatoms. The standard InChI is InChI=1S/C12H18BrNO/c1-9(2)15-12-6-5-11(13)8-10(12)4-3-7-14/h5-6,8-9H,3-4,7,14H2,1-2H3. The Morgan fingerprint density at radius 3 is 2.73 bits per heavy atom. The normalized spacial score (nSPS) is 10.7. The molecule has 0 heterocycles. The van der Waals surface area contributed by atoms with Crippen molar-refractivity contribution in [2.45, 2.75) is 32.8 Å². The minimum atomic E-state index is 0.211. The second-order valence-corrected chi connectivity index (χ2v) is 4.73. The molecule has 0 radical (unpaired) electrons. The van der Waals surface area contributed by atoms with Crippen molar-refractivity contribution in [1.82, 2.24) is 0 Å².